The molecule has 0 aromatic heterocycles. The van der Waals surface area contributed by atoms with E-state index in [1.807, 2.05) is 4.90 Å². The summed E-state index contributed by atoms with van der Waals surface area (Å²) in [7, 11) is 0. The Labute approximate surface area is 103 Å². The zero-order chi connectivity index (χ0) is 12.4. The number of ether oxygens (including phenoxy) is 1. The van der Waals surface area contributed by atoms with Gasteiger partial charge in [0.1, 0.15) is 0 Å². The average Bonchev–Trinajstić information content (AvgIpc) is 2.93. The first-order chi connectivity index (χ1) is 8.19. The predicted octanol–water partition coefficient (Wildman–Crippen LogP) is 1.03. The molecule has 4 heteroatoms. The maximum atomic E-state index is 12.5. The van der Waals surface area contributed by atoms with Crippen molar-refractivity contribution < 1.29 is 14.6 Å². The monoisotopic (exact) mass is 241 g/mol. The molecule has 0 aliphatic carbocycles. The molecule has 1 amide bonds. The van der Waals surface area contributed by atoms with Crippen molar-refractivity contribution in [2.45, 2.75) is 45.3 Å². The summed E-state index contributed by atoms with van der Waals surface area (Å²) in [6.45, 7) is 5.74. The van der Waals surface area contributed by atoms with Crippen molar-refractivity contribution in [1.29, 1.82) is 0 Å². The highest BCUT2D eigenvalue weighted by atomic mass is 16.5. The molecule has 4 atom stereocenters. The van der Waals surface area contributed by atoms with Crippen molar-refractivity contribution in [1.82, 2.24) is 4.90 Å². The summed E-state index contributed by atoms with van der Waals surface area (Å²) in [6.07, 6.45) is 2.81. The van der Waals surface area contributed by atoms with Crippen LogP contribution < -0.4 is 0 Å². The first kappa shape index (κ1) is 12.8. The van der Waals surface area contributed by atoms with Crippen molar-refractivity contribution in [3.05, 3.63) is 0 Å². The van der Waals surface area contributed by atoms with Crippen LogP contribution in [-0.2, 0) is 9.53 Å². The molecule has 2 aliphatic heterocycles. The van der Waals surface area contributed by atoms with Crippen LogP contribution in [0, 0.1) is 11.8 Å². The third-order valence-corrected chi connectivity index (χ3v) is 4.28. The van der Waals surface area contributed by atoms with Gasteiger partial charge in [-0.25, -0.2) is 0 Å². The van der Waals surface area contributed by atoms with E-state index in [0.717, 1.165) is 25.8 Å². The smallest absolute Gasteiger partial charge is 0.228 e. The van der Waals surface area contributed by atoms with Crippen LogP contribution in [0.1, 0.15) is 33.1 Å². The van der Waals surface area contributed by atoms with Crippen LogP contribution in [0.3, 0.4) is 0 Å². The number of rotatable bonds is 3. The first-order valence-electron chi connectivity index (χ1n) is 6.72. The molecule has 0 aromatic rings. The predicted molar refractivity (Wildman–Crippen MR) is 64.5 cm³/mol. The quantitative estimate of drug-likeness (QED) is 0.803. The Balaban J connectivity index is 2.04. The summed E-state index contributed by atoms with van der Waals surface area (Å²) < 4.78 is 5.58. The Bertz CT molecular complexity index is 282. The molecule has 2 saturated heterocycles. The van der Waals surface area contributed by atoms with E-state index < -0.39 is 0 Å². The van der Waals surface area contributed by atoms with Crippen LogP contribution in [-0.4, -0.2) is 47.8 Å². The second-order valence-corrected chi connectivity index (χ2v) is 5.26. The van der Waals surface area contributed by atoms with Crippen molar-refractivity contribution in [3.8, 4) is 0 Å². The molecule has 2 rings (SSSR count). The highest BCUT2D eigenvalue weighted by Gasteiger charge is 2.41. The number of aliphatic hydroxyl groups excluding tert-OH is 1. The minimum Gasteiger partial charge on any atom is -0.394 e. The van der Waals surface area contributed by atoms with Gasteiger partial charge in [0.25, 0.3) is 0 Å². The molecule has 0 aromatic carbocycles. The molecule has 1 N–H and O–H groups in total. The van der Waals surface area contributed by atoms with Crippen LogP contribution in [0.5, 0.6) is 0 Å². The number of aliphatic hydroxyl groups is 1. The number of carbonyl (C=O) groups is 1. The third kappa shape index (κ3) is 2.33. The van der Waals surface area contributed by atoms with Gasteiger partial charge >= 0.3 is 0 Å². The summed E-state index contributed by atoms with van der Waals surface area (Å²) in [5.41, 5.74) is 0. The number of hydrogen-bond acceptors (Lipinski definition) is 3. The van der Waals surface area contributed by atoms with Gasteiger partial charge in [-0.15, -0.1) is 0 Å². The largest absolute Gasteiger partial charge is 0.394 e. The lowest BCUT2D eigenvalue weighted by atomic mass is 9.97. The fraction of sp³-hybridized carbons (Fsp3) is 0.923. The van der Waals surface area contributed by atoms with Crippen LogP contribution in [0.2, 0.25) is 0 Å². The van der Waals surface area contributed by atoms with E-state index in [2.05, 4.69) is 13.8 Å². The van der Waals surface area contributed by atoms with Crippen molar-refractivity contribution in [2.75, 3.05) is 19.8 Å². The Kier molecular flexibility index (Phi) is 4.05. The van der Waals surface area contributed by atoms with Crippen LogP contribution in [0.25, 0.3) is 0 Å². The summed E-state index contributed by atoms with van der Waals surface area (Å²) in [5.74, 6) is 0.614. The molecule has 98 valence electrons. The van der Waals surface area contributed by atoms with E-state index in [1.54, 1.807) is 0 Å². The highest BCUT2D eigenvalue weighted by Crippen LogP contribution is 2.30. The van der Waals surface area contributed by atoms with Crippen molar-refractivity contribution >= 4 is 5.91 Å². The molecule has 2 fully saturated rings. The van der Waals surface area contributed by atoms with Crippen molar-refractivity contribution in [2.24, 2.45) is 11.8 Å². The van der Waals surface area contributed by atoms with E-state index in [9.17, 15) is 9.90 Å². The van der Waals surface area contributed by atoms with Crippen molar-refractivity contribution in [3.63, 3.8) is 0 Å². The summed E-state index contributed by atoms with van der Waals surface area (Å²) in [4.78, 5) is 14.3. The average molecular weight is 241 g/mol. The number of likely N-dealkylation sites (tertiary alicyclic amines) is 1. The van der Waals surface area contributed by atoms with Gasteiger partial charge in [-0.3, -0.25) is 4.79 Å². The molecule has 0 spiro atoms. The van der Waals surface area contributed by atoms with Gasteiger partial charge < -0.3 is 14.7 Å². The van der Waals surface area contributed by atoms with Gasteiger partial charge in [0.05, 0.1) is 24.7 Å². The Hall–Kier alpha value is -0.610. The maximum absolute atomic E-state index is 12.5. The fourth-order valence-corrected chi connectivity index (χ4v) is 3.11. The van der Waals surface area contributed by atoms with Gasteiger partial charge in [-0.1, -0.05) is 13.8 Å². The lowest BCUT2D eigenvalue weighted by molar-refractivity contribution is -0.139. The topological polar surface area (TPSA) is 49.8 Å². The molecular formula is C13H23NO3. The third-order valence-electron chi connectivity index (χ3n) is 4.28. The Morgan fingerprint density at radius 3 is 2.88 bits per heavy atom. The lowest BCUT2D eigenvalue weighted by Crippen LogP contribution is -2.44. The van der Waals surface area contributed by atoms with Crippen LogP contribution in [0.15, 0.2) is 0 Å². The van der Waals surface area contributed by atoms with Gasteiger partial charge in [0.2, 0.25) is 5.91 Å². The summed E-state index contributed by atoms with van der Waals surface area (Å²) in [5, 5.41) is 9.40. The molecule has 17 heavy (non-hydrogen) atoms. The standard InChI is InChI=1S/C13H23NO3/c1-3-12-10(5-7-17-12)13(16)14-6-4-9(2)11(14)8-15/h9-12,15H,3-8H2,1-2H3. The number of amides is 1. The zero-order valence-electron chi connectivity index (χ0n) is 10.8. The second kappa shape index (κ2) is 5.36. The summed E-state index contributed by atoms with van der Waals surface area (Å²) >= 11 is 0. The Morgan fingerprint density at radius 1 is 1.47 bits per heavy atom. The minimum absolute atomic E-state index is 0.0133. The van der Waals surface area contributed by atoms with E-state index in [4.69, 9.17) is 4.74 Å². The van der Waals surface area contributed by atoms with E-state index in [0.29, 0.717) is 12.5 Å². The van der Waals surface area contributed by atoms with Crippen LogP contribution >= 0.6 is 0 Å². The molecule has 0 radical (unpaired) electrons. The first-order valence-corrected chi connectivity index (χ1v) is 6.72. The Morgan fingerprint density at radius 2 is 2.24 bits per heavy atom. The van der Waals surface area contributed by atoms with Gasteiger partial charge in [0.15, 0.2) is 0 Å². The molecule has 2 aliphatic rings. The number of hydrogen-bond donors (Lipinski definition) is 1. The van der Waals surface area contributed by atoms with E-state index >= 15 is 0 Å². The highest BCUT2D eigenvalue weighted by molar-refractivity contribution is 5.80. The normalized spacial score (nSPS) is 37.7. The molecule has 4 nitrogen and oxygen atoms in total. The minimum atomic E-state index is 0.0133. The fourth-order valence-electron chi connectivity index (χ4n) is 3.11. The van der Waals surface area contributed by atoms with Gasteiger partial charge in [-0.05, 0) is 25.2 Å². The van der Waals surface area contributed by atoms with Gasteiger partial charge in [0, 0.05) is 13.2 Å². The SMILES string of the molecule is CCC1OCCC1C(=O)N1CCC(C)C1CO. The second-order valence-electron chi connectivity index (χ2n) is 5.26. The summed E-state index contributed by atoms with van der Waals surface area (Å²) in [6, 6.07) is 0.0145. The van der Waals surface area contributed by atoms with Crippen LogP contribution in [0.4, 0.5) is 0 Å². The van der Waals surface area contributed by atoms with Gasteiger partial charge in [-0.2, -0.15) is 0 Å². The lowest BCUT2D eigenvalue weighted by Gasteiger charge is -2.29. The molecule has 4 unspecified atom stereocenters. The molecular weight excluding hydrogens is 218 g/mol. The van der Waals surface area contributed by atoms with E-state index in [1.165, 1.54) is 0 Å². The molecule has 0 saturated carbocycles. The molecule has 2 heterocycles. The van der Waals surface area contributed by atoms with E-state index in [-0.39, 0.29) is 30.6 Å². The number of carbonyl (C=O) groups excluding carboxylic acids is 1. The zero-order valence-corrected chi connectivity index (χ0v) is 10.8. The number of nitrogens with zero attached hydrogens (tertiary/aromatic N) is 1. The maximum Gasteiger partial charge on any atom is 0.228 e. The molecule has 0 bridgehead atoms.